The lowest BCUT2D eigenvalue weighted by Gasteiger charge is -2.41. The van der Waals surface area contributed by atoms with Crippen LogP contribution >= 0.6 is 15.9 Å². The smallest absolute Gasteiger partial charge is 0.0233 e. The van der Waals surface area contributed by atoms with Gasteiger partial charge in [0.2, 0.25) is 0 Å². The topological polar surface area (TPSA) is 6.48 Å². The van der Waals surface area contributed by atoms with Crippen molar-refractivity contribution < 1.29 is 0 Å². The Morgan fingerprint density at radius 2 is 1.57 bits per heavy atom. The van der Waals surface area contributed by atoms with Crippen LogP contribution in [0.5, 0.6) is 0 Å². The second kappa shape index (κ2) is 7.26. The molecule has 21 heavy (non-hydrogen) atoms. The zero-order valence-corrected chi connectivity index (χ0v) is 14.7. The molecule has 3 heteroatoms. The number of nitrogens with zero attached hydrogens (tertiary/aromatic N) is 2. The molecule has 2 nitrogen and oxygen atoms in total. The maximum atomic E-state index is 3.51. The average Bonchev–Trinajstić information content (AvgIpc) is 2.51. The summed E-state index contributed by atoms with van der Waals surface area (Å²) in [6.45, 7) is 8.69. The lowest BCUT2D eigenvalue weighted by molar-refractivity contribution is 0.0779. The summed E-state index contributed by atoms with van der Waals surface area (Å²) < 4.78 is 1.17. The average molecular weight is 351 g/mol. The fourth-order valence-corrected chi connectivity index (χ4v) is 3.95. The highest BCUT2D eigenvalue weighted by Crippen LogP contribution is 2.24. The third-order valence-electron chi connectivity index (χ3n) is 5.21. The van der Waals surface area contributed by atoms with Crippen LogP contribution in [0.15, 0.2) is 28.7 Å². The van der Waals surface area contributed by atoms with Gasteiger partial charge in [-0.2, -0.15) is 0 Å². The van der Waals surface area contributed by atoms with E-state index in [4.69, 9.17) is 0 Å². The van der Waals surface area contributed by atoms with Gasteiger partial charge in [-0.3, -0.25) is 4.90 Å². The molecule has 0 unspecified atom stereocenters. The van der Waals surface area contributed by atoms with E-state index in [1.807, 2.05) is 0 Å². The number of rotatable bonds is 3. The van der Waals surface area contributed by atoms with E-state index in [0.29, 0.717) is 0 Å². The van der Waals surface area contributed by atoms with Crippen molar-refractivity contribution in [3.05, 3.63) is 34.3 Å². The fraction of sp³-hybridized carbons (Fsp3) is 0.667. The number of hydrogen-bond donors (Lipinski definition) is 0. The molecule has 0 aromatic heterocycles. The van der Waals surface area contributed by atoms with Gasteiger partial charge in [-0.15, -0.1) is 0 Å². The number of halogens is 1. The first-order valence-electron chi connectivity index (χ1n) is 8.41. The minimum atomic E-state index is 0.846. The van der Waals surface area contributed by atoms with Gasteiger partial charge in [0, 0.05) is 17.1 Å². The summed E-state index contributed by atoms with van der Waals surface area (Å²) in [6.07, 6.45) is 5.51. The Morgan fingerprint density at radius 3 is 2.19 bits per heavy atom. The van der Waals surface area contributed by atoms with Crippen LogP contribution in [0.4, 0.5) is 0 Å². The largest absolute Gasteiger partial charge is 0.300 e. The van der Waals surface area contributed by atoms with Crippen LogP contribution in [-0.4, -0.2) is 42.0 Å². The van der Waals surface area contributed by atoms with Crippen molar-refractivity contribution in [1.29, 1.82) is 0 Å². The van der Waals surface area contributed by atoms with Gasteiger partial charge in [-0.1, -0.05) is 35.0 Å². The van der Waals surface area contributed by atoms with Crippen LogP contribution in [-0.2, 0) is 6.54 Å². The molecule has 0 saturated carbocycles. The molecule has 2 fully saturated rings. The maximum Gasteiger partial charge on any atom is 0.0233 e. The summed E-state index contributed by atoms with van der Waals surface area (Å²) in [5.41, 5.74) is 1.43. The van der Waals surface area contributed by atoms with Gasteiger partial charge in [0.25, 0.3) is 0 Å². The van der Waals surface area contributed by atoms with Crippen LogP contribution in [0.2, 0.25) is 0 Å². The summed E-state index contributed by atoms with van der Waals surface area (Å²) in [4.78, 5) is 5.38. The van der Waals surface area contributed by atoms with Crippen molar-refractivity contribution in [2.45, 2.75) is 45.2 Å². The lowest BCUT2D eigenvalue weighted by Crippen LogP contribution is -2.47. The molecule has 116 valence electrons. The Bertz CT molecular complexity index is 429. The molecule has 1 aromatic carbocycles. The molecule has 0 radical (unpaired) electrons. The standard InChI is InChI=1S/C18H27BrN2/c1-15-6-12-21(13-7-15)18-8-10-20(11-9-18)14-16-2-4-17(19)5-3-16/h2-5,15,18H,6-14H2,1H3. The van der Waals surface area contributed by atoms with Gasteiger partial charge < -0.3 is 4.90 Å². The maximum absolute atomic E-state index is 3.51. The minimum Gasteiger partial charge on any atom is -0.300 e. The first-order valence-corrected chi connectivity index (χ1v) is 9.21. The zero-order chi connectivity index (χ0) is 14.7. The molecule has 0 atom stereocenters. The molecule has 3 rings (SSSR count). The molecule has 1 aromatic rings. The summed E-state index contributed by atoms with van der Waals surface area (Å²) in [7, 11) is 0. The van der Waals surface area contributed by atoms with Gasteiger partial charge in [0.05, 0.1) is 0 Å². The Morgan fingerprint density at radius 1 is 0.952 bits per heavy atom. The molecule has 0 bridgehead atoms. The van der Waals surface area contributed by atoms with E-state index in [9.17, 15) is 0 Å². The van der Waals surface area contributed by atoms with Crippen LogP contribution in [0.3, 0.4) is 0 Å². The summed E-state index contributed by atoms with van der Waals surface area (Å²) >= 11 is 3.51. The van der Waals surface area contributed by atoms with E-state index in [0.717, 1.165) is 18.5 Å². The van der Waals surface area contributed by atoms with Crippen LogP contribution in [0, 0.1) is 5.92 Å². The molecule has 0 amide bonds. The molecule has 2 saturated heterocycles. The normalized spacial score (nSPS) is 23.5. The highest BCUT2D eigenvalue weighted by molar-refractivity contribution is 9.10. The highest BCUT2D eigenvalue weighted by Gasteiger charge is 2.26. The monoisotopic (exact) mass is 350 g/mol. The van der Waals surface area contributed by atoms with Crippen LogP contribution < -0.4 is 0 Å². The second-order valence-electron chi connectivity index (χ2n) is 6.85. The van der Waals surface area contributed by atoms with Gasteiger partial charge in [0.1, 0.15) is 0 Å². The van der Waals surface area contributed by atoms with E-state index in [1.165, 1.54) is 61.9 Å². The molecular weight excluding hydrogens is 324 g/mol. The second-order valence-corrected chi connectivity index (χ2v) is 7.77. The van der Waals surface area contributed by atoms with Crippen molar-refractivity contribution in [1.82, 2.24) is 9.80 Å². The summed E-state index contributed by atoms with van der Waals surface area (Å²) in [6, 6.07) is 9.62. The lowest BCUT2D eigenvalue weighted by atomic mass is 9.95. The van der Waals surface area contributed by atoms with Gasteiger partial charge in [-0.05, 0) is 75.5 Å². The van der Waals surface area contributed by atoms with E-state index in [1.54, 1.807) is 0 Å². The minimum absolute atomic E-state index is 0.846. The van der Waals surface area contributed by atoms with E-state index < -0.39 is 0 Å². The van der Waals surface area contributed by atoms with Crippen LogP contribution in [0.25, 0.3) is 0 Å². The first-order chi connectivity index (χ1) is 10.2. The summed E-state index contributed by atoms with van der Waals surface area (Å²) in [5.74, 6) is 0.943. The van der Waals surface area contributed by atoms with Crippen molar-refractivity contribution in [2.24, 2.45) is 5.92 Å². The Hall–Kier alpha value is -0.380. The highest BCUT2D eigenvalue weighted by atomic mass is 79.9. The third kappa shape index (κ3) is 4.30. The number of benzene rings is 1. The SMILES string of the molecule is CC1CCN(C2CCN(Cc3ccc(Br)cc3)CC2)CC1. The van der Waals surface area contributed by atoms with E-state index in [2.05, 4.69) is 56.9 Å². The number of likely N-dealkylation sites (tertiary alicyclic amines) is 2. The fourth-order valence-electron chi connectivity index (χ4n) is 3.68. The van der Waals surface area contributed by atoms with Gasteiger partial charge >= 0.3 is 0 Å². The van der Waals surface area contributed by atoms with Crippen molar-refractivity contribution in [3.63, 3.8) is 0 Å². The van der Waals surface area contributed by atoms with Crippen molar-refractivity contribution in [3.8, 4) is 0 Å². The first kappa shape index (κ1) is 15.5. The molecule has 0 aliphatic carbocycles. The molecular formula is C18H27BrN2. The van der Waals surface area contributed by atoms with Crippen molar-refractivity contribution in [2.75, 3.05) is 26.2 Å². The Balaban J connectivity index is 1.45. The van der Waals surface area contributed by atoms with Crippen molar-refractivity contribution >= 4 is 15.9 Å². The molecule has 2 aliphatic rings. The van der Waals surface area contributed by atoms with Crippen LogP contribution in [0.1, 0.15) is 38.2 Å². The predicted molar refractivity (Wildman–Crippen MR) is 92.4 cm³/mol. The quantitative estimate of drug-likeness (QED) is 0.807. The zero-order valence-electron chi connectivity index (χ0n) is 13.1. The molecule has 2 heterocycles. The molecule has 0 spiro atoms. The van der Waals surface area contributed by atoms with E-state index in [-0.39, 0.29) is 0 Å². The number of hydrogen-bond acceptors (Lipinski definition) is 2. The van der Waals surface area contributed by atoms with Gasteiger partial charge in [0.15, 0.2) is 0 Å². The van der Waals surface area contributed by atoms with Gasteiger partial charge in [-0.25, -0.2) is 0 Å². The predicted octanol–water partition coefficient (Wildman–Crippen LogP) is 4.15. The Labute approximate surface area is 137 Å². The third-order valence-corrected chi connectivity index (χ3v) is 5.74. The van der Waals surface area contributed by atoms with E-state index >= 15 is 0 Å². The molecule has 2 aliphatic heterocycles. The Kier molecular flexibility index (Phi) is 5.36. The number of piperidine rings is 2. The molecule has 0 N–H and O–H groups in total. The summed E-state index contributed by atoms with van der Waals surface area (Å²) in [5, 5.41) is 0.